The lowest BCUT2D eigenvalue weighted by molar-refractivity contribution is 0.660. The molecule has 0 unspecified atom stereocenters. The SMILES string of the molecule is CC1(C)c2ccccc2-c2ccc(N(c3ccc(-c4cccc5c4oc4ccccc45)cc3)c3ccc(-c4ccc5oc6ccccc6c5c4)c4ccccc34)cc21. The van der Waals surface area contributed by atoms with Crippen molar-refractivity contribution in [3.05, 3.63) is 199 Å². The molecule has 2 heterocycles. The molecular formula is C55H37NO2. The van der Waals surface area contributed by atoms with Crippen molar-refractivity contribution in [2.24, 2.45) is 0 Å². The molecule has 0 bridgehead atoms. The van der Waals surface area contributed by atoms with E-state index in [-0.39, 0.29) is 5.41 Å². The van der Waals surface area contributed by atoms with Crippen LogP contribution in [0.1, 0.15) is 25.0 Å². The Morgan fingerprint density at radius 2 is 0.948 bits per heavy atom. The lowest BCUT2D eigenvalue weighted by atomic mass is 9.82. The fraction of sp³-hybridized carbons (Fsp3) is 0.0545. The number of benzene rings is 9. The van der Waals surface area contributed by atoms with Gasteiger partial charge in [0.2, 0.25) is 0 Å². The van der Waals surface area contributed by atoms with E-state index in [4.69, 9.17) is 8.83 Å². The highest BCUT2D eigenvalue weighted by atomic mass is 16.3. The third-order valence-corrected chi connectivity index (χ3v) is 12.5. The van der Waals surface area contributed by atoms with Gasteiger partial charge in [0.15, 0.2) is 0 Å². The van der Waals surface area contributed by atoms with Crippen LogP contribution in [0.2, 0.25) is 0 Å². The van der Waals surface area contributed by atoms with E-state index in [0.29, 0.717) is 0 Å². The van der Waals surface area contributed by atoms with E-state index in [1.807, 2.05) is 24.3 Å². The van der Waals surface area contributed by atoms with Crippen LogP contribution in [0.15, 0.2) is 197 Å². The maximum absolute atomic E-state index is 6.46. The van der Waals surface area contributed by atoms with Gasteiger partial charge >= 0.3 is 0 Å². The zero-order chi connectivity index (χ0) is 38.5. The fourth-order valence-corrected chi connectivity index (χ4v) is 9.65. The van der Waals surface area contributed by atoms with Gasteiger partial charge in [-0.1, -0.05) is 147 Å². The standard InChI is InChI=1S/C55H37NO2/c1-55(2)48-19-8-5-13-41(48)42-28-27-37(33-49(42)55)56(36-25-22-34(23-26-36)39-17-11-18-46-44-15-6-10-21-52(44)58-54(39)46)50-30-29-38(40-12-3-4-14-43(40)50)35-24-31-53-47(32-35)45-16-7-9-20-51(45)57-53/h3-33H,1-2H3. The lowest BCUT2D eigenvalue weighted by Gasteiger charge is -2.29. The Kier molecular flexibility index (Phi) is 6.98. The number of nitrogens with zero attached hydrogens (tertiary/aromatic N) is 1. The van der Waals surface area contributed by atoms with Crippen molar-refractivity contribution >= 4 is 71.7 Å². The lowest BCUT2D eigenvalue weighted by Crippen LogP contribution is -2.16. The van der Waals surface area contributed by atoms with Crippen molar-refractivity contribution < 1.29 is 8.83 Å². The molecule has 0 atom stereocenters. The molecule has 0 saturated heterocycles. The van der Waals surface area contributed by atoms with E-state index in [9.17, 15) is 0 Å². The van der Waals surface area contributed by atoms with Gasteiger partial charge in [-0.05, 0) is 98.9 Å². The Bertz CT molecular complexity index is 3440. The predicted octanol–water partition coefficient (Wildman–Crippen LogP) is 15.7. The van der Waals surface area contributed by atoms with Gasteiger partial charge in [0.05, 0.1) is 5.69 Å². The van der Waals surface area contributed by atoms with Crippen molar-refractivity contribution in [2.45, 2.75) is 19.3 Å². The Labute approximate surface area is 336 Å². The quantitative estimate of drug-likeness (QED) is 0.176. The third-order valence-electron chi connectivity index (χ3n) is 12.5. The first-order valence-electron chi connectivity index (χ1n) is 20.0. The summed E-state index contributed by atoms with van der Waals surface area (Å²) in [6, 6.07) is 67.8. The minimum atomic E-state index is -0.134. The van der Waals surface area contributed by atoms with Gasteiger partial charge in [-0.3, -0.25) is 0 Å². The zero-order valence-corrected chi connectivity index (χ0v) is 32.2. The molecule has 274 valence electrons. The van der Waals surface area contributed by atoms with E-state index in [1.165, 1.54) is 38.6 Å². The number of hydrogen-bond donors (Lipinski definition) is 0. The van der Waals surface area contributed by atoms with Crippen LogP contribution in [0, 0.1) is 0 Å². The van der Waals surface area contributed by atoms with Gasteiger partial charge < -0.3 is 13.7 Å². The molecule has 0 fully saturated rings. The number of anilines is 3. The van der Waals surface area contributed by atoms with Crippen LogP contribution >= 0.6 is 0 Å². The maximum Gasteiger partial charge on any atom is 0.143 e. The van der Waals surface area contributed by atoms with Crippen LogP contribution in [-0.2, 0) is 5.41 Å². The van der Waals surface area contributed by atoms with Crippen LogP contribution in [0.5, 0.6) is 0 Å². The van der Waals surface area contributed by atoms with Crippen LogP contribution < -0.4 is 4.90 Å². The minimum absolute atomic E-state index is 0.134. The van der Waals surface area contributed by atoms with Crippen molar-refractivity contribution in [3.8, 4) is 33.4 Å². The largest absolute Gasteiger partial charge is 0.456 e. The first-order chi connectivity index (χ1) is 28.5. The molecule has 0 N–H and O–H groups in total. The second-order valence-corrected chi connectivity index (χ2v) is 16.1. The highest BCUT2D eigenvalue weighted by Gasteiger charge is 2.36. The summed E-state index contributed by atoms with van der Waals surface area (Å²) in [7, 11) is 0. The molecule has 1 aliphatic rings. The van der Waals surface area contributed by atoms with Gasteiger partial charge in [0, 0.05) is 49.3 Å². The Morgan fingerprint density at radius 1 is 0.362 bits per heavy atom. The average Bonchev–Trinajstić information content (AvgIpc) is 3.91. The Morgan fingerprint density at radius 3 is 1.78 bits per heavy atom. The van der Waals surface area contributed by atoms with Gasteiger partial charge in [0.25, 0.3) is 0 Å². The summed E-state index contributed by atoms with van der Waals surface area (Å²) in [6.45, 7) is 4.70. The fourth-order valence-electron chi connectivity index (χ4n) is 9.65. The summed E-state index contributed by atoms with van der Waals surface area (Å²) >= 11 is 0. The average molecular weight is 744 g/mol. The molecule has 1 aliphatic carbocycles. The van der Waals surface area contributed by atoms with Gasteiger partial charge in [-0.25, -0.2) is 0 Å². The molecule has 11 aromatic rings. The topological polar surface area (TPSA) is 29.5 Å². The molecule has 2 aromatic heterocycles. The second-order valence-electron chi connectivity index (χ2n) is 16.1. The minimum Gasteiger partial charge on any atom is -0.456 e. The summed E-state index contributed by atoms with van der Waals surface area (Å²) in [4.78, 5) is 2.43. The molecule has 0 saturated carbocycles. The molecule has 58 heavy (non-hydrogen) atoms. The van der Waals surface area contributed by atoms with Crippen molar-refractivity contribution in [1.82, 2.24) is 0 Å². The van der Waals surface area contributed by atoms with Crippen LogP contribution in [0.25, 0.3) is 88.0 Å². The van der Waals surface area contributed by atoms with E-state index < -0.39 is 0 Å². The number of furan rings is 2. The molecule has 12 rings (SSSR count). The highest BCUT2D eigenvalue weighted by molar-refractivity contribution is 6.11. The van der Waals surface area contributed by atoms with Crippen molar-refractivity contribution in [1.29, 1.82) is 0 Å². The summed E-state index contributed by atoms with van der Waals surface area (Å²) in [6.07, 6.45) is 0. The van der Waals surface area contributed by atoms with E-state index in [0.717, 1.165) is 77.6 Å². The molecule has 0 spiro atoms. The van der Waals surface area contributed by atoms with Crippen LogP contribution in [0.4, 0.5) is 17.1 Å². The molecule has 0 radical (unpaired) electrons. The Balaban J connectivity index is 1.04. The van der Waals surface area contributed by atoms with Crippen molar-refractivity contribution in [3.63, 3.8) is 0 Å². The monoisotopic (exact) mass is 743 g/mol. The molecule has 9 aromatic carbocycles. The van der Waals surface area contributed by atoms with E-state index >= 15 is 0 Å². The summed E-state index contributed by atoms with van der Waals surface area (Å²) in [5, 5.41) is 6.90. The van der Waals surface area contributed by atoms with Crippen LogP contribution in [0.3, 0.4) is 0 Å². The molecule has 3 nitrogen and oxygen atoms in total. The zero-order valence-electron chi connectivity index (χ0n) is 32.2. The van der Waals surface area contributed by atoms with Gasteiger partial charge in [-0.2, -0.15) is 0 Å². The summed E-state index contributed by atoms with van der Waals surface area (Å²) in [5.41, 5.74) is 16.7. The van der Waals surface area contributed by atoms with Crippen molar-refractivity contribution in [2.75, 3.05) is 4.90 Å². The third kappa shape index (κ3) is 4.80. The molecule has 3 heteroatoms. The first-order valence-corrected chi connectivity index (χ1v) is 20.0. The highest BCUT2D eigenvalue weighted by Crippen LogP contribution is 2.51. The van der Waals surface area contributed by atoms with Crippen LogP contribution in [-0.4, -0.2) is 0 Å². The van der Waals surface area contributed by atoms with E-state index in [1.54, 1.807) is 0 Å². The second kappa shape index (κ2) is 12.3. The summed E-state index contributed by atoms with van der Waals surface area (Å²) in [5.74, 6) is 0. The predicted molar refractivity (Wildman–Crippen MR) is 242 cm³/mol. The Hall–Kier alpha value is -7.36. The van der Waals surface area contributed by atoms with Gasteiger partial charge in [0.1, 0.15) is 22.3 Å². The van der Waals surface area contributed by atoms with E-state index in [2.05, 4.69) is 183 Å². The number of fused-ring (bicyclic) bond motifs is 10. The smallest absolute Gasteiger partial charge is 0.143 e. The molecule has 0 aliphatic heterocycles. The maximum atomic E-state index is 6.46. The van der Waals surface area contributed by atoms with Gasteiger partial charge in [-0.15, -0.1) is 0 Å². The number of rotatable bonds is 5. The normalized spacial score (nSPS) is 13.1. The molecule has 0 amide bonds. The number of hydrogen-bond acceptors (Lipinski definition) is 3. The number of para-hydroxylation sites is 3. The summed E-state index contributed by atoms with van der Waals surface area (Å²) < 4.78 is 12.7. The first kappa shape index (κ1) is 32.8. The molecular weight excluding hydrogens is 707 g/mol.